The Bertz CT molecular complexity index is 786. The lowest BCUT2D eigenvalue weighted by Gasteiger charge is -2.23. The van der Waals surface area contributed by atoms with Gasteiger partial charge in [-0.25, -0.2) is 8.78 Å². The highest BCUT2D eigenvalue weighted by Crippen LogP contribution is 2.28. The minimum Gasteiger partial charge on any atom is -0.495 e. The van der Waals surface area contributed by atoms with Crippen molar-refractivity contribution in [3.8, 4) is 5.75 Å². The van der Waals surface area contributed by atoms with Gasteiger partial charge in [0.1, 0.15) is 28.5 Å². The van der Waals surface area contributed by atoms with Crippen molar-refractivity contribution in [3.63, 3.8) is 0 Å². The third-order valence-corrected chi connectivity index (χ3v) is 3.69. The number of benzene rings is 2. The highest BCUT2D eigenvalue weighted by atomic mass is 19.1. The summed E-state index contributed by atoms with van der Waals surface area (Å²) in [6.45, 7) is 2.71. The first kappa shape index (κ1) is 18.4. The molecule has 2 aromatic rings. The van der Waals surface area contributed by atoms with Crippen LogP contribution in [0.2, 0.25) is 0 Å². The number of methoxy groups -OCH3 is 1. The summed E-state index contributed by atoms with van der Waals surface area (Å²) in [7, 11) is 1.45. The molecule has 0 aromatic heterocycles. The maximum Gasteiger partial charge on any atom is 0.239 e. The van der Waals surface area contributed by atoms with Gasteiger partial charge < -0.3 is 15.4 Å². The van der Waals surface area contributed by atoms with Gasteiger partial charge in [-0.15, -0.1) is 0 Å². The van der Waals surface area contributed by atoms with Crippen LogP contribution in [0.5, 0.6) is 5.75 Å². The predicted octanol–water partition coefficient (Wildman–Crippen LogP) is 3.58. The van der Waals surface area contributed by atoms with E-state index in [4.69, 9.17) is 4.74 Å². The number of rotatable bonds is 5. The van der Waals surface area contributed by atoms with Crippen molar-refractivity contribution >= 4 is 23.2 Å². The summed E-state index contributed by atoms with van der Waals surface area (Å²) in [6, 6.07) is 9.90. The van der Waals surface area contributed by atoms with Crippen molar-refractivity contribution in [3.05, 3.63) is 54.1 Å². The number of amides is 2. The van der Waals surface area contributed by atoms with Gasteiger partial charge in [-0.3, -0.25) is 9.59 Å². The van der Waals surface area contributed by atoms with Crippen molar-refractivity contribution in [2.24, 2.45) is 5.41 Å². The molecular weight excluding hydrogens is 330 g/mol. The van der Waals surface area contributed by atoms with Gasteiger partial charge >= 0.3 is 0 Å². The van der Waals surface area contributed by atoms with Crippen molar-refractivity contribution < 1.29 is 23.1 Å². The van der Waals surface area contributed by atoms with Crippen molar-refractivity contribution in [1.29, 1.82) is 0 Å². The van der Waals surface area contributed by atoms with Crippen molar-refractivity contribution in [1.82, 2.24) is 0 Å². The zero-order chi connectivity index (χ0) is 18.6. The molecule has 2 rings (SSSR count). The highest BCUT2D eigenvalue weighted by Gasteiger charge is 2.37. The van der Waals surface area contributed by atoms with Crippen molar-refractivity contribution in [2.45, 2.75) is 13.8 Å². The molecule has 25 heavy (non-hydrogen) atoms. The Morgan fingerprint density at radius 3 is 2.08 bits per heavy atom. The van der Waals surface area contributed by atoms with Crippen LogP contribution in [-0.4, -0.2) is 18.9 Å². The van der Waals surface area contributed by atoms with Crippen molar-refractivity contribution in [2.75, 3.05) is 17.7 Å². The van der Waals surface area contributed by atoms with Gasteiger partial charge in [0.15, 0.2) is 0 Å². The molecule has 0 aliphatic heterocycles. The first-order valence-electron chi connectivity index (χ1n) is 7.47. The summed E-state index contributed by atoms with van der Waals surface area (Å²) in [5.41, 5.74) is -1.80. The number of para-hydroxylation sites is 3. The second kappa shape index (κ2) is 7.29. The molecule has 0 radical (unpaired) electrons. The Hall–Kier alpha value is -2.96. The number of nitrogens with one attached hydrogen (secondary N) is 2. The van der Waals surface area contributed by atoms with Gasteiger partial charge in [-0.05, 0) is 38.1 Å². The lowest BCUT2D eigenvalue weighted by atomic mass is 9.90. The summed E-state index contributed by atoms with van der Waals surface area (Å²) in [5.74, 6) is -2.91. The fourth-order valence-corrected chi connectivity index (χ4v) is 2.02. The third-order valence-electron chi connectivity index (χ3n) is 3.69. The van der Waals surface area contributed by atoms with Crippen LogP contribution in [0.3, 0.4) is 0 Å². The SMILES string of the molecule is COc1ccccc1NC(=O)C(C)(C)C(=O)Nc1c(F)cccc1F. The topological polar surface area (TPSA) is 67.4 Å². The number of carbonyl (C=O) groups is 2. The van der Waals surface area contributed by atoms with E-state index in [0.717, 1.165) is 12.1 Å². The highest BCUT2D eigenvalue weighted by molar-refractivity contribution is 6.14. The van der Waals surface area contributed by atoms with Gasteiger partial charge in [0, 0.05) is 0 Å². The van der Waals surface area contributed by atoms with Gasteiger partial charge in [-0.1, -0.05) is 18.2 Å². The molecule has 0 saturated heterocycles. The zero-order valence-corrected chi connectivity index (χ0v) is 14.0. The molecule has 0 spiro atoms. The average Bonchev–Trinajstić information content (AvgIpc) is 2.58. The summed E-state index contributed by atoms with van der Waals surface area (Å²) in [6.07, 6.45) is 0. The molecule has 0 fully saturated rings. The number of halogens is 2. The smallest absolute Gasteiger partial charge is 0.239 e. The van der Waals surface area contributed by atoms with Crippen LogP contribution in [0, 0.1) is 17.0 Å². The van der Waals surface area contributed by atoms with Crippen LogP contribution in [0.15, 0.2) is 42.5 Å². The van der Waals surface area contributed by atoms with E-state index in [1.165, 1.54) is 27.0 Å². The minimum absolute atomic E-state index is 0.382. The van der Waals surface area contributed by atoms with E-state index < -0.39 is 34.6 Å². The Balaban J connectivity index is 2.19. The first-order chi connectivity index (χ1) is 11.8. The van der Waals surface area contributed by atoms with E-state index in [-0.39, 0.29) is 0 Å². The maximum atomic E-state index is 13.7. The van der Waals surface area contributed by atoms with E-state index in [1.54, 1.807) is 24.3 Å². The maximum absolute atomic E-state index is 13.7. The average molecular weight is 348 g/mol. The second-order valence-electron chi connectivity index (χ2n) is 5.83. The Labute approximate surface area is 144 Å². The molecule has 0 saturated carbocycles. The molecule has 0 aliphatic carbocycles. The number of hydrogen-bond acceptors (Lipinski definition) is 3. The minimum atomic E-state index is -1.59. The lowest BCUT2D eigenvalue weighted by molar-refractivity contribution is -0.135. The normalized spacial score (nSPS) is 10.9. The van der Waals surface area contributed by atoms with E-state index in [1.807, 2.05) is 0 Å². The molecule has 5 nitrogen and oxygen atoms in total. The summed E-state index contributed by atoms with van der Waals surface area (Å²) in [5, 5.41) is 4.72. The number of carbonyl (C=O) groups excluding carboxylic acids is 2. The summed E-state index contributed by atoms with van der Waals surface area (Å²) < 4.78 is 32.5. The van der Waals surface area contributed by atoms with Gasteiger partial charge in [0.05, 0.1) is 12.8 Å². The Kier molecular flexibility index (Phi) is 5.36. The van der Waals surface area contributed by atoms with Crippen LogP contribution < -0.4 is 15.4 Å². The monoisotopic (exact) mass is 348 g/mol. The molecule has 0 heterocycles. The van der Waals surface area contributed by atoms with Gasteiger partial charge in [0.25, 0.3) is 0 Å². The van der Waals surface area contributed by atoms with E-state index in [9.17, 15) is 18.4 Å². The van der Waals surface area contributed by atoms with E-state index in [0.29, 0.717) is 11.4 Å². The predicted molar refractivity (Wildman–Crippen MR) is 90.4 cm³/mol. The Morgan fingerprint density at radius 2 is 1.48 bits per heavy atom. The molecule has 0 atom stereocenters. The first-order valence-corrected chi connectivity index (χ1v) is 7.47. The molecule has 7 heteroatoms. The summed E-state index contributed by atoms with van der Waals surface area (Å²) in [4.78, 5) is 24.9. The molecule has 0 aliphatic rings. The van der Waals surface area contributed by atoms with Crippen LogP contribution in [0.1, 0.15) is 13.8 Å². The number of hydrogen-bond donors (Lipinski definition) is 2. The lowest BCUT2D eigenvalue weighted by Crippen LogP contribution is -2.42. The van der Waals surface area contributed by atoms with Crippen LogP contribution in [-0.2, 0) is 9.59 Å². The fourth-order valence-electron chi connectivity index (χ4n) is 2.02. The van der Waals surface area contributed by atoms with Crippen LogP contribution in [0.4, 0.5) is 20.2 Å². The fraction of sp³-hybridized carbons (Fsp3) is 0.222. The quantitative estimate of drug-likeness (QED) is 0.812. The Morgan fingerprint density at radius 1 is 0.920 bits per heavy atom. The van der Waals surface area contributed by atoms with Crippen LogP contribution >= 0.6 is 0 Å². The molecular formula is C18H18F2N2O3. The standard InChI is InChI=1S/C18H18F2N2O3/c1-18(2,16(23)21-13-9-4-5-10-14(13)25-3)17(24)22-15-11(19)7-6-8-12(15)20/h4-10H,1-3H3,(H,21,23)(H,22,24). The van der Waals surface area contributed by atoms with Gasteiger partial charge in [0.2, 0.25) is 11.8 Å². The van der Waals surface area contributed by atoms with E-state index in [2.05, 4.69) is 10.6 Å². The number of ether oxygens (including phenoxy) is 1. The largest absolute Gasteiger partial charge is 0.495 e. The molecule has 0 bridgehead atoms. The molecule has 2 amide bonds. The number of anilines is 2. The molecule has 132 valence electrons. The van der Waals surface area contributed by atoms with Crippen LogP contribution in [0.25, 0.3) is 0 Å². The molecule has 2 N–H and O–H groups in total. The second-order valence-corrected chi connectivity index (χ2v) is 5.83. The zero-order valence-electron chi connectivity index (χ0n) is 14.0. The van der Waals surface area contributed by atoms with Gasteiger partial charge in [-0.2, -0.15) is 0 Å². The van der Waals surface area contributed by atoms with E-state index >= 15 is 0 Å². The molecule has 0 unspecified atom stereocenters. The molecule has 2 aromatic carbocycles. The summed E-state index contributed by atoms with van der Waals surface area (Å²) >= 11 is 0. The third kappa shape index (κ3) is 3.93.